The fraction of sp³-hybridized carbons (Fsp3) is 0.389. The van der Waals surface area contributed by atoms with Crippen LogP contribution in [0.4, 0.5) is 5.69 Å². The van der Waals surface area contributed by atoms with Crippen LogP contribution in [0.25, 0.3) is 0 Å². The maximum atomic E-state index is 12.9. The van der Waals surface area contributed by atoms with Crippen LogP contribution in [0.5, 0.6) is 0 Å². The van der Waals surface area contributed by atoms with Gasteiger partial charge in [-0.15, -0.1) is 11.3 Å². The van der Waals surface area contributed by atoms with E-state index in [9.17, 15) is 4.79 Å². The Morgan fingerprint density at radius 1 is 1.09 bits per heavy atom. The fourth-order valence-corrected chi connectivity index (χ4v) is 3.31. The van der Waals surface area contributed by atoms with Gasteiger partial charge in [-0.2, -0.15) is 0 Å². The van der Waals surface area contributed by atoms with Crippen LogP contribution in [0.2, 0.25) is 0 Å². The molecule has 0 aliphatic heterocycles. The molecule has 0 bridgehead atoms. The van der Waals surface area contributed by atoms with Crippen LogP contribution >= 0.6 is 11.3 Å². The van der Waals surface area contributed by atoms with Gasteiger partial charge < -0.3 is 4.90 Å². The van der Waals surface area contributed by atoms with E-state index in [1.54, 1.807) is 11.3 Å². The second-order valence-electron chi connectivity index (χ2n) is 5.24. The summed E-state index contributed by atoms with van der Waals surface area (Å²) in [5.74, 6) is 0.159. The first kappa shape index (κ1) is 16.7. The summed E-state index contributed by atoms with van der Waals surface area (Å²) in [4.78, 5) is 18.3. The Morgan fingerprint density at radius 3 is 2.36 bits per heavy atom. The van der Waals surface area contributed by atoms with Gasteiger partial charge in [0, 0.05) is 23.7 Å². The first-order chi connectivity index (χ1) is 10.7. The Balaban J connectivity index is 2.11. The van der Waals surface area contributed by atoms with Gasteiger partial charge in [0.25, 0.3) is 0 Å². The highest BCUT2D eigenvalue weighted by atomic mass is 32.1. The molecule has 0 aliphatic carbocycles. The molecule has 0 saturated carbocycles. The topological polar surface area (TPSA) is 23.6 Å². The van der Waals surface area contributed by atoms with E-state index >= 15 is 0 Å². The summed E-state index contributed by atoms with van der Waals surface area (Å²) in [6.07, 6.45) is 0. The van der Waals surface area contributed by atoms with Crippen molar-refractivity contribution in [2.45, 2.75) is 33.4 Å². The molecule has 0 spiro atoms. The molecule has 3 nitrogen and oxygen atoms in total. The Labute approximate surface area is 137 Å². The van der Waals surface area contributed by atoms with E-state index in [0.29, 0.717) is 6.54 Å². The average Bonchev–Trinajstić information content (AvgIpc) is 3.06. The molecule has 118 valence electrons. The van der Waals surface area contributed by atoms with Gasteiger partial charge in [-0.1, -0.05) is 31.2 Å². The zero-order valence-corrected chi connectivity index (χ0v) is 14.3. The number of thiophene rings is 1. The summed E-state index contributed by atoms with van der Waals surface area (Å²) in [5, 5.41) is 2.08. The third kappa shape index (κ3) is 3.96. The van der Waals surface area contributed by atoms with E-state index in [0.717, 1.165) is 18.8 Å². The van der Waals surface area contributed by atoms with E-state index in [2.05, 4.69) is 29.3 Å². The molecule has 2 aromatic rings. The summed E-state index contributed by atoms with van der Waals surface area (Å²) in [6.45, 7) is 8.50. The van der Waals surface area contributed by atoms with E-state index < -0.39 is 0 Å². The lowest BCUT2D eigenvalue weighted by molar-refractivity contribution is -0.123. The van der Waals surface area contributed by atoms with Gasteiger partial charge in [-0.25, -0.2) is 0 Å². The first-order valence-corrected chi connectivity index (χ1v) is 8.68. The molecule has 22 heavy (non-hydrogen) atoms. The molecule has 1 aromatic heterocycles. The third-order valence-corrected chi connectivity index (χ3v) is 4.76. The summed E-state index contributed by atoms with van der Waals surface area (Å²) >= 11 is 1.74. The van der Waals surface area contributed by atoms with Crippen LogP contribution in [-0.2, 0) is 11.3 Å². The number of carbonyl (C=O) groups excluding carboxylic acids is 1. The van der Waals surface area contributed by atoms with E-state index in [4.69, 9.17) is 0 Å². The van der Waals surface area contributed by atoms with Crippen molar-refractivity contribution in [2.75, 3.05) is 18.0 Å². The van der Waals surface area contributed by atoms with E-state index in [1.807, 2.05) is 49.1 Å². The summed E-state index contributed by atoms with van der Waals surface area (Å²) in [6, 6.07) is 13.9. The number of rotatable bonds is 7. The largest absolute Gasteiger partial charge is 0.311 e. The van der Waals surface area contributed by atoms with Crippen molar-refractivity contribution in [3.8, 4) is 0 Å². The van der Waals surface area contributed by atoms with Gasteiger partial charge in [0.15, 0.2) is 0 Å². The molecule has 4 heteroatoms. The highest BCUT2D eigenvalue weighted by molar-refractivity contribution is 7.09. The Morgan fingerprint density at radius 2 is 1.82 bits per heavy atom. The Bertz CT molecular complexity index is 568. The molecule has 0 radical (unpaired) electrons. The lowest BCUT2D eigenvalue weighted by Gasteiger charge is -2.31. The van der Waals surface area contributed by atoms with Crippen molar-refractivity contribution in [3.05, 3.63) is 52.7 Å². The predicted octanol–water partition coefficient (Wildman–Crippen LogP) is 4.01. The van der Waals surface area contributed by atoms with Crippen molar-refractivity contribution in [1.29, 1.82) is 0 Å². The maximum Gasteiger partial charge on any atom is 0.244 e. The quantitative estimate of drug-likeness (QED) is 0.770. The molecule has 1 aromatic carbocycles. The van der Waals surface area contributed by atoms with Crippen LogP contribution in [0, 0.1) is 0 Å². The molecule has 0 saturated heterocycles. The van der Waals surface area contributed by atoms with E-state index in [1.165, 1.54) is 4.88 Å². The maximum absolute atomic E-state index is 12.9. The number of nitrogens with zero attached hydrogens (tertiary/aromatic N) is 2. The van der Waals surface area contributed by atoms with Crippen LogP contribution in [0.1, 0.15) is 25.6 Å². The van der Waals surface area contributed by atoms with Crippen molar-refractivity contribution in [1.82, 2.24) is 4.90 Å². The SMILES string of the molecule is CCN(C(=O)C(C)N(CC)Cc1cccs1)c1ccccc1. The minimum atomic E-state index is -0.132. The van der Waals surface area contributed by atoms with Crippen molar-refractivity contribution < 1.29 is 4.79 Å². The molecule has 1 amide bonds. The second-order valence-corrected chi connectivity index (χ2v) is 6.27. The predicted molar refractivity (Wildman–Crippen MR) is 94.3 cm³/mol. The number of likely N-dealkylation sites (N-methyl/N-ethyl adjacent to an activating group) is 2. The Hall–Kier alpha value is -1.65. The van der Waals surface area contributed by atoms with Gasteiger partial charge in [0.05, 0.1) is 6.04 Å². The minimum Gasteiger partial charge on any atom is -0.311 e. The highest BCUT2D eigenvalue weighted by Crippen LogP contribution is 2.18. The molecule has 1 atom stereocenters. The minimum absolute atomic E-state index is 0.132. The number of para-hydroxylation sites is 1. The molecule has 1 unspecified atom stereocenters. The third-order valence-electron chi connectivity index (χ3n) is 3.90. The molecular weight excluding hydrogens is 292 g/mol. The average molecular weight is 316 g/mol. The zero-order valence-electron chi connectivity index (χ0n) is 13.5. The van der Waals surface area contributed by atoms with Gasteiger partial charge >= 0.3 is 0 Å². The molecular formula is C18H24N2OS. The van der Waals surface area contributed by atoms with Crippen molar-refractivity contribution in [3.63, 3.8) is 0 Å². The fourth-order valence-electron chi connectivity index (χ4n) is 2.58. The zero-order chi connectivity index (χ0) is 15.9. The summed E-state index contributed by atoms with van der Waals surface area (Å²) < 4.78 is 0. The Kier molecular flexibility index (Phi) is 6.16. The van der Waals surface area contributed by atoms with Crippen LogP contribution in [-0.4, -0.2) is 29.9 Å². The number of benzene rings is 1. The van der Waals surface area contributed by atoms with Crippen molar-refractivity contribution in [2.24, 2.45) is 0 Å². The van der Waals surface area contributed by atoms with Crippen LogP contribution in [0.15, 0.2) is 47.8 Å². The number of anilines is 1. The van der Waals surface area contributed by atoms with Crippen LogP contribution in [0.3, 0.4) is 0 Å². The number of hydrogen-bond acceptors (Lipinski definition) is 3. The number of hydrogen-bond donors (Lipinski definition) is 0. The standard InChI is InChI=1S/C18H24N2OS/c1-4-19(14-17-12-9-13-22-17)15(3)18(21)20(5-2)16-10-7-6-8-11-16/h6-13,15H,4-5,14H2,1-3H3. The highest BCUT2D eigenvalue weighted by Gasteiger charge is 2.25. The van der Waals surface area contributed by atoms with E-state index in [-0.39, 0.29) is 11.9 Å². The lowest BCUT2D eigenvalue weighted by Crippen LogP contribution is -2.47. The van der Waals surface area contributed by atoms with Gasteiger partial charge in [0.1, 0.15) is 0 Å². The summed E-state index contributed by atoms with van der Waals surface area (Å²) in [5.41, 5.74) is 0.967. The van der Waals surface area contributed by atoms with Crippen molar-refractivity contribution >= 4 is 22.9 Å². The number of amides is 1. The lowest BCUT2D eigenvalue weighted by atomic mass is 10.2. The number of carbonyl (C=O) groups is 1. The van der Waals surface area contributed by atoms with Crippen LogP contribution < -0.4 is 4.90 Å². The smallest absolute Gasteiger partial charge is 0.244 e. The van der Waals surface area contributed by atoms with Gasteiger partial charge in [0.2, 0.25) is 5.91 Å². The molecule has 0 fully saturated rings. The molecule has 0 N–H and O–H groups in total. The molecule has 2 rings (SSSR count). The second kappa shape index (κ2) is 8.11. The van der Waals surface area contributed by atoms with Gasteiger partial charge in [-0.3, -0.25) is 9.69 Å². The summed E-state index contributed by atoms with van der Waals surface area (Å²) in [7, 11) is 0. The molecule has 1 heterocycles. The normalized spacial score (nSPS) is 12.4. The van der Waals surface area contributed by atoms with Gasteiger partial charge in [-0.05, 0) is 44.0 Å². The monoisotopic (exact) mass is 316 g/mol. The molecule has 0 aliphatic rings. The first-order valence-electron chi connectivity index (χ1n) is 7.80.